The van der Waals surface area contributed by atoms with Crippen molar-refractivity contribution in [2.75, 3.05) is 13.1 Å². The SMILES string of the molecule is CCNCc1cc(CN2CCCCC2C)c(C)o1. The molecule has 0 saturated carbocycles. The summed E-state index contributed by atoms with van der Waals surface area (Å²) in [4.78, 5) is 2.58. The lowest BCUT2D eigenvalue weighted by atomic mass is 10.0. The minimum atomic E-state index is 0.713. The molecule has 0 aromatic carbocycles. The summed E-state index contributed by atoms with van der Waals surface area (Å²) in [6.07, 6.45) is 4.06. The van der Waals surface area contributed by atoms with Gasteiger partial charge >= 0.3 is 0 Å². The van der Waals surface area contributed by atoms with Gasteiger partial charge in [-0.05, 0) is 45.8 Å². The Labute approximate surface area is 111 Å². The topological polar surface area (TPSA) is 28.4 Å². The van der Waals surface area contributed by atoms with Gasteiger partial charge in [0.25, 0.3) is 0 Å². The number of furan rings is 1. The predicted molar refractivity (Wildman–Crippen MR) is 74.5 cm³/mol. The molecule has 0 bridgehead atoms. The van der Waals surface area contributed by atoms with Gasteiger partial charge in [0.05, 0.1) is 6.54 Å². The van der Waals surface area contributed by atoms with Crippen LogP contribution in [0.1, 0.15) is 50.2 Å². The van der Waals surface area contributed by atoms with E-state index < -0.39 is 0 Å². The van der Waals surface area contributed by atoms with Crippen molar-refractivity contribution in [3.63, 3.8) is 0 Å². The van der Waals surface area contributed by atoms with E-state index in [1.807, 2.05) is 0 Å². The molecule has 2 heterocycles. The minimum absolute atomic E-state index is 0.713. The van der Waals surface area contributed by atoms with Crippen LogP contribution in [-0.4, -0.2) is 24.0 Å². The second kappa shape index (κ2) is 6.39. The van der Waals surface area contributed by atoms with Crippen LogP contribution in [0.25, 0.3) is 0 Å². The number of aryl methyl sites for hydroxylation is 1. The van der Waals surface area contributed by atoms with Crippen LogP contribution in [0, 0.1) is 6.92 Å². The van der Waals surface area contributed by atoms with Gasteiger partial charge in [0, 0.05) is 18.2 Å². The maximum Gasteiger partial charge on any atom is 0.118 e. The molecule has 1 aliphatic heterocycles. The van der Waals surface area contributed by atoms with Crippen molar-refractivity contribution in [2.45, 2.75) is 59.2 Å². The third-order valence-corrected chi connectivity index (χ3v) is 3.93. The number of piperidine rings is 1. The predicted octanol–water partition coefficient (Wildman–Crippen LogP) is 3.07. The normalized spacial score (nSPS) is 21.4. The van der Waals surface area contributed by atoms with Gasteiger partial charge in [0.1, 0.15) is 11.5 Å². The zero-order valence-electron chi connectivity index (χ0n) is 12.0. The molecule has 18 heavy (non-hydrogen) atoms. The van der Waals surface area contributed by atoms with E-state index >= 15 is 0 Å². The molecule has 1 aromatic rings. The highest BCUT2D eigenvalue weighted by atomic mass is 16.3. The molecule has 3 nitrogen and oxygen atoms in total. The molecular formula is C15H26N2O. The van der Waals surface area contributed by atoms with Crippen LogP contribution in [0.2, 0.25) is 0 Å². The fraction of sp³-hybridized carbons (Fsp3) is 0.733. The molecule has 0 radical (unpaired) electrons. The van der Waals surface area contributed by atoms with Gasteiger partial charge in [-0.1, -0.05) is 13.3 Å². The number of hydrogen-bond acceptors (Lipinski definition) is 3. The van der Waals surface area contributed by atoms with Crippen molar-refractivity contribution >= 4 is 0 Å². The molecule has 102 valence electrons. The van der Waals surface area contributed by atoms with Crippen LogP contribution < -0.4 is 5.32 Å². The van der Waals surface area contributed by atoms with E-state index in [2.05, 4.69) is 37.1 Å². The summed E-state index contributed by atoms with van der Waals surface area (Å²) in [5, 5.41) is 3.31. The zero-order chi connectivity index (χ0) is 13.0. The minimum Gasteiger partial charge on any atom is -0.465 e. The Bertz CT molecular complexity index is 373. The number of nitrogens with one attached hydrogen (secondary N) is 1. The van der Waals surface area contributed by atoms with Crippen LogP contribution in [0.3, 0.4) is 0 Å². The largest absolute Gasteiger partial charge is 0.465 e. The van der Waals surface area contributed by atoms with Crippen LogP contribution in [0.4, 0.5) is 0 Å². The monoisotopic (exact) mass is 250 g/mol. The van der Waals surface area contributed by atoms with E-state index in [1.54, 1.807) is 0 Å². The van der Waals surface area contributed by atoms with Gasteiger partial charge in [-0.25, -0.2) is 0 Å². The van der Waals surface area contributed by atoms with E-state index in [0.29, 0.717) is 6.04 Å². The van der Waals surface area contributed by atoms with Crippen molar-refractivity contribution in [2.24, 2.45) is 0 Å². The summed E-state index contributed by atoms with van der Waals surface area (Å²) in [6, 6.07) is 2.93. The first kappa shape index (κ1) is 13.6. The smallest absolute Gasteiger partial charge is 0.118 e. The van der Waals surface area contributed by atoms with Gasteiger partial charge in [-0.15, -0.1) is 0 Å². The first-order valence-electron chi connectivity index (χ1n) is 7.23. The van der Waals surface area contributed by atoms with E-state index in [4.69, 9.17) is 4.42 Å². The molecule has 1 saturated heterocycles. The van der Waals surface area contributed by atoms with Crippen LogP contribution in [-0.2, 0) is 13.1 Å². The quantitative estimate of drug-likeness (QED) is 0.870. The fourth-order valence-electron chi connectivity index (χ4n) is 2.69. The molecule has 0 spiro atoms. The average Bonchev–Trinajstić information content (AvgIpc) is 2.70. The standard InChI is InChI=1S/C15H26N2O/c1-4-16-10-15-9-14(13(3)18-15)11-17-8-6-5-7-12(17)2/h9,12,16H,4-8,10-11H2,1-3H3. The Morgan fingerprint density at radius 3 is 3.00 bits per heavy atom. The summed E-state index contributed by atoms with van der Waals surface area (Å²) in [6.45, 7) is 10.6. The molecular weight excluding hydrogens is 224 g/mol. The van der Waals surface area contributed by atoms with Crippen molar-refractivity contribution < 1.29 is 4.42 Å². The summed E-state index contributed by atoms with van der Waals surface area (Å²) in [5.41, 5.74) is 1.36. The molecule has 3 heteroatoms. The van der Waals surface area contributed by atoms with Crippen molar-refractivity contribution in [1.29, 1.82) is 0 Å². The first-order valence-corrected chi connectivity index (χ1v) is 7.23. The Morgan fingerprint density at radius 1 is 1.44 bits per heavy atom. The van der Waals surface area contributed by atoms with E-state index in [1.165, 1.54) is 31.4 Å². The number of nitrogens with zero attached hydrogens (tertiary/aromatic N) is 1. The van der Waals surface area contributed by atoms with Crippen molar-refractivity contribution in [1.82, 2.24) is 10.2 Å². The molecule has 1 N–H and O–H groups in total. The summed E-state index contributed by atoms with van der Waals surface area (Å²) in [7, 11) is 0. The highest BCUT2D eigenvalue weighted by Gasteiger charge is 2.20. The van der Waals surface area contributed by atoms with E-state index in [9.17, 15) is 0 Å². The lowest BCUT2D eigenvalue weighted by Gasteiger charge is -2.33. The third kappa shape index (κ3) is 3.36. The Hall–Kier alpha value is -0.800. The van der Waals surface area contributed by atoms with Crippen LogP contribution in [0.15, 0.2) is 10.5 Å². The fourth-order valence-corrected chi connectivity index (χ4v) is 2.69. The highest BCUT2D eigenvalue weighted by molar-refractivity contribution is 5.21. The number of likely N-dealkylation sites (tertiary alicyclic amines) is 1. The van der Waals surface area contributed by atoms with E-state index in [0.717, 1.165) is 31.2 Å². The lowest BCUT2D eigenvalue weighted by molar-refractivity contribution is 0.152. The Morgan fingerprint density at radius 2 is 2.28 bits per heavy atom. The molecule has 0 amide bonds. The Balaban J connectivity index is 1.97. The number of rotatable bonds is 5. The maximum atomic E-state index is 5.80. The van der Waals surface area contributed by atoms with Crippen molar-refractivity contribution in [3.8, 4) is 0 Å². The number of hydrogen-bond donors (Lipinski definition) is 1. The van der Waals surface area contributed by atoms with E-state index in [-0.39, 0.29) is 0 Å². The first-order chi connectivity index (χ1) is 8.70. The molecule has 1 fully saturated rings. The zero-order valence-corrected chi connectivity index (χ0v) is 12.0. The van der Waals surface area contributed by atoms with Crippen molar-refractivity contribution in [3.05, 3.63) is 23.2 Å². The summed E-state index contributed by atoms with van der Waals surface area (Å²) < 4.78 is 5.80. The molecule has 0 aliphatic carbocycles. The van der Waals surface area contributed by atoms with Crippen LogP contribution >= 0.6 is 0 Å². The lowest BCUT2D eigenvalue weighted by Crippen LogP contribution is -2.36. The molecule has 1 unspecified atom stereocenters. The Kier molecular flexibility index (Phi) is 4.84. The van der Waals surface area contributed by atoms with Crippen LogP contribution in [0.5, 0.6) is 0 Å². The second-order valence-electron chi connectivity index (χ2n) is 5.39. The highest BCUT2D eigenvalue weighted by Crippen LogP contribution is 2.22. The second-order valence-corrected chi connectivity index (χ2v) is 5.39. The van der Waals surface area contributed by atoms with Gasteiger partial charge in [0.2, 0.25) is 0 Å². The third-order valence-electron chi connectivity index (χ3n) is 3.93. The average molecular weight is 250 g/mol. The summed E-state index contributed by atoms with van der Waals surface area (Å²) in [5.74, 6) is 2.15. The van der Waals surface area contributed by atoms with Gasteiger partial charge in [0.15, 0.2) is 0 Å². The summed E-state index contributed by atoms with van der Waals surface area (Å²) >= 11 is 0. The molecule has 2 rings (SSSR count). The molecule has 1 aromatic heterocycles. The van der Waals surface area contributed by atoms with Gasteiger partial charge in [-0.2, -0.15) is 0 Å². The van der Waals surface area contributed by atoms with Gasteiger partial charge in [-0.3, -0.25) is 4.90 Å². The van der Waals surface area contributed by atoms with Gasteiger partial charge < -0.3 is 9.73 Å². The molecule has 1 aliphatic rings. The maximum absolute atomic E-state index is 5.80. The molecule has 1 atom stereocenters.